The van der Waals surface area contributed by atoms with Crippen LogP contribution in [-0.4, -0.2) is 46.4 Å². The highest BCUT2D eigenvalue weighted by molar-refractivity contribution is 5.93. The van der Waals surface area contributed by atoms with Crippen LogP contribution in [0.1, 0.15) is 30.9 Å². The number of benzene rings is 2. The molecule has 0 saturated carbocycles. The molecule has 7 nitrogen and oxygen atoms in total. The van der Waals surface area contributed by atoms with Gasteiger partial charge in [-0.1, -0.05) is 60.7 Å². The van der Waals surface area contributed by atoms with E-state index >= 15 is 0 Å². The van der Waals surface area contributed by atoms with Gasteiger partial charge in [0, 0.05) is 6.61 Å². The largest absolute Gasteiger partial charge is 0.479 e. The minimum absolute atomic E-state index is 0.164. The van der Waals surface area contributed by atoms with Crippen molar-refractivity contribution in [2.45, 2.75) is 37.4 Å². The normalized spacial score (nSPS) is 27.0. The Bertz CT molecular complexity index is 799. The molecule has 0 radical (unpaired) electrons. The Kier molecular flexibility index (Phi) is 5.51. The quantitative estimate of drug-likeness (QED) is 0.754. The van der Waals surface area contributed by atoms with Crippen molar-refractivity contribution in [3.05, 3.63) is 71.8 Å². The summed E-state index contributed by atoms with van der Waals surface area (Å²) in [4.78, 5) is 24.9. The first kappa shape index (κ1) is 20.0. The van der Waals surface area contributed by atoms with Crippen molar-refractivity contribution in [2.75, 3.05) is 6.61 Å². The summed E-state index contributed by atoms with van der Waals surface area (Å²) in [6, 6.07) is 17.6. The highest BCUT2D eigenvalue weighted by Gasteiger charge is 2.72. The average Bonchev–Trinajstić information content (AvgIpc) is 2.98. The Labute approximate surface area is 162 Å². The van der Waals surface area contributed by atoms with E-state index in [1.54, 1.807) is 67.6 Å². The van der Waals surface area contributed by atoms with Crippen LogP contribution in [0.2, 0.25) is 0 Å². The minimum atomic E-state index is -2.26. The molecular formula is C21H22O7. The number of hydrogen-bond donors (Lipinski definition) is 2. The van der Waals surface area contributed by atoms with E-state index in [1.807, 2.05) is 0 Å². The number of carbonyl (C=O) groups is 2. The lowest BCUT2D eigenvalue weighted by atomic mass is 9.68. The summed E-state index contributed by atoms with van der Waals surface area (Å²) in [5.74, 6) is -3.86. The van der Waals surface area contributed by atoms with Gasteiger partial charge in [0.15, 0.2) is 0 Å². The van der Waals surface area contributed by atoms with Crippen molar-refractivity contribution in [2.24, 2.45) is 0 Å². The predicted octanol–water partition coefficient (Wildman–Crippen LogP) is 2.85. The second kappa shape index (κ2) is 7.71. The Morgan fingerprint density at radius 1 is 0.964 bits per heavy atom. The molecule has 0 aliphatic carbocycles. The Balaban J connectivity index is 2.29. The molecule has 0 spiro atoms. The van der Waals surface area contributed by atoms with Gasteiger partial charge < -0.3 is 24.4 Å². The zero-order valence-electron chi connectivity index (χ0n) is 15.6. The van der Waals surface area contributed by atoms with E-state index in [-0.39, 0.29) is 6.61 Å². The van der Waals surface area contributed by atoms with E-state index in [2.05, 4.69) is 0 Å². The van der Waals surface area contributed by atoms with Crippen LogP contribution in [0.3, 0.4) is 0 Å². The maximum absolute atomic E-state index is 12.7. The lowest BCUT2D eigenvalue weighted by Crippen LogP contribution is -2.63. The van der Waals surface area contributed by atoms with Gasteiger partial charge in [0.25, 0.3) is 6.48 Å². The van der Waals surface area contributed by atoms with Crippen molar-refractivity contribution in [3.63, 3.8) is 0 Å². The zero-order valence-corrected chi connectivity index (χ0v) is 15.6. The number of aliphatic carboxylic acids is 2. The number of ether oxygens (including phenoxy) is 3. The van der Waals surface area contributed by atoms with Crippen LogP contribution in [0, 0.1) is 0 Å². The molecule has 1 aliphatic heterocycles. The number of hydrogen-bond acceptors (Lipinski definition) is 5. The molecule has 3 rings (SSSR count). The van der Waals surface area contributed by atoms with Crippen LogP contribution in [0.5, 0.6) is 0 Å². The molecule has 7 heteroatoms. The standard InChI is InChI=1S/C21H22O7/c1-3-26-19-27-20(2,17(22)23)21(28-19,18(24)25)16(14-10-6-4-7-11-14)15-12-8-5-9-13-15/h4-13,16,19H,3H2,1-2H3,(H,22,23)(H,24,25)/t19?,20-,21-/m1/s1. The third-order valence-corrected chi connectivity index (χ3v) is 5.02. The summed E-state index contributed by atoms with van der Waals surface area (Å²) in [7, 11) is 0. The predicted molar refractivity (Wildman–Crippen MR) is 98.7 cm³/mol. The van der Waals surface area contributed by atoms with Gasteiger partial charge in [0.2, 0.25) is 11.2 Å². The van der Waals surface area contributed by atoms with E-state index < -0.39 is 35.5 Å². The van der Waals surface area contributed by atoms with E-state index in [0.29, 0.717) is 11.1 Å². The molecule has 2 aromatic carbocycles. The van der Waals surface area contributed by atoms with Crippen LogP contribution >= 0.6 is 0 Å². The Morgan fingerprint density at radius 2 is 1.46 bits per heavy atom. The maximum atomic E-state index is 12.7. The summed E-state index contributed by atoms with van der Waals surface area (Å²) >= 11 is 0. The number of rotatable bonds is 7. The SMILES string of the molecule is CCOC1O[C@](C)(C(=O)O)[C@](C(=O)O)(C(c2ccccc2)c2ccccc2)O1. The van der Waals surface area contributed by atoms with Crippen LogP contribution in [0.25, 0.3) is 0 Å². The van der Waals surface area contributed by atoms with Gasteiger partial charge in [-0.05, 0) is 25.0 Å². The van der Waals surface area contributed by atoms with Gasteiger partial charge in [-0.3, -0.25) is 0 Å². The first-order valence-electron chi connectivity index (χ1n) is 8.90. The third kappa shape index (κ3) is 3.07. The first-order chi connectivity index (χ1) is 13.4. The smallest absolute Gasteiger partial charge is 0.340 e. The molecule has 0 bridgehead atoms. The summed E-state index contributed by atoms with van der Waals surface area (Å²) in [6.07, 6.45) is 0. The van der Waals surface area contributed by atoms with Crippen LogP contribution in [0.15, 0.2) is 60.7 Å². The van der Waals surface area contributed by atoms with Crippen LogP contribution in [-0.2, 0) is 23.8 Å². The van der Waals surface area contributed by atoms with Gasteiger partial charge in [0.1, 0.15) is 0 Å². The third-order valence-electron chi connectivity index (χ3n) is 5.02. The first-order valence-corrected chi connectivity index (χ1v) is 8.90. The molecule has 1 saturated heterocycles. The molecule has 1 heterocycles. The molecule has 148 valence electrons. The molecule has 28 heavy (non-hydrogen) atoms. The second-order valence-corrected chi connectivity index (χ2v) is 6.61. The van der Waals surface area contributed by atoms with Crippen molar-refractivity contribution in [1.29, 1.82) is 0 Å². The van der Waals surface area contributed by atoms with Gasteiger partial charge in [-0.2, -0.15) is 0 Å². The van der Waals surface area contributed by atoms with Crippen molar-refractivity contribution < 1.29 is 34.0 Å². The molecule has 3 atom stereocenters. The van der Waals surface area contributed by atoms with Crippen molar-refractivity contribution in [3.8, 4) is 0 Å². The van der Waals surface area contributed by atoms with Crippen molar-refractivity contribution in [1.82, 2.24) is 0 Å². The fraction of sp³-hybridized carbons (Fsp3) is 0.333. The van der Waals surface area contributed by atoms with Gasteiger partial charge >= 0.3 is 11.9 Å². The summed E-state index contributed by atoms with van der Waals surface area (Å²) in [5, 5.41) is 20.3. The van der Waals surface area contributed by atoms with Crippen molar-refractivity contribution >= 4 is 11.9 Å². The molecule has 2 N–H and O–H groups in total. The summed E-state index contributed by atoms with van der Waals surface area (Å²) in [5.41, 5.74) is -3.29. The van der Waals surface area contributed by atoms with E-state index in [9.17, 15) is 19.8 Å². The van der Waals surface area contributed by atoms with Gasteiger partial charge in [-0.15, -0.1) is 0 Å². The average molecular weight is 386 g/mol. The molecule has 2 aromatic rings. The van der Waals surface area contributed by atoms with Crippen LogP contribution < -0.4 is 0 Å². The monoisotopic (exact) mass is 386 g/mol. The Hall–Kier alpha value is -2.74. The lowest BCUT2D eigenvalue weighted by molar-refractivity contribution is -0.256. The number of carboxylic acid groups (broad SMARTS) is 2. The zero-order chi connectivity index (χ0) is 20.4. The fourth-order valence-corrected chi connectivity index (χ4v) is 3.66. The second-order valence-electron chi connectivity index (χ2n) is 6.61. The van der Waals surface area contributed by atoms with E-state index in [4.69, 9.17) is 14.2 Å². The van der Waals surface area contributed by atoms with Crippen LogP contribution in [0.4, 0.5) is 0 Å². The molecule has 1 fully saturated rings. The highest BCUT2D eigenvalue weighted by Crippen LogP contribution is 2.51. The molecule has 0 amide bonds. The van der Waals surface area contributed by atoms with E-state index in [0.717, 1.165) is 0 Å². The topological polar surface area (TPSA) is 102 Å². The lowest BCUT2D eigenvalue weighted by Gasteiger charge is -2.40. The maximum Gasteiger partial charge on any atom is 0.340 e. The summed E-state index contributed by atoms with van der Waals surface area (Å²) in [6.45, 7) is 1.63. The molecular weight excluding hydrogens is 364 g/mol. The van der Waals surface area contributed by atoms with Gasteiger partial charge in [0.05, 0.1) is 5.92 Å². The minimum Gasteiger partial charge on any atom is -0.479 e. The molecule has 0 aromatic heterocycles. The van der Waals surface area contributed by atoms with E-state index in [1.165, 1.54) is 6.92 Å². The summed E-state index contributed by atoms with van der Waals surface area (Å²) < 4.78 is 16.6. The highest BCUT2D eigenvalue weighted by atomic mass is 16.9. The fourth-order valence-electron chi connectivity index (χ4n) is 3.66. The molecule has 1 aliphatic rings. The number of carboxylic acids is 2. The Morgan fingerprint density at radius 3 is 1.86 bits per heavy atom. The molecule has 1 unspecified atom stereocenters. The van der Waals surface area contributed by atoms with Gasteiger partial charge in [-0.25, -0.2) is 9.59 Å².